The van der Waals surface area contributed by atoms with Gasteiger partial charge in [0.2, 0.25) is 0 Å². The molecule has 2 aromatic rings. The zero-order chi connectivity index (χ0) is 19.1. The van der Waals surface area contributed by atoms with Gasteiger partial charge in [-0.2, -0.15) is 0 Å². The van der Waals surface area contributed by atoms with E-state index in [4.69, 9.17) is 9.47 Å². The molecule has 0 bridgehead atoms. The van der Waals surface area contributed by atoms with Crippen LogP contribution in [0.2, 0.25) is 0 Å². The number of fused-ring (bicyclic) bond motifs is 1. The molecule has 2 saturated heterocycles. The van der Waals surface area contributed by atoms with E-state index in [-0.39, 0.29) is 11.7 Å². The standard InChI is InChI=1S/C21H24FN3O3/c22-17-4-1-15(2-5-17)16-3-6-19-23-18(14-25(19)13-16)20(26)24-9-7-21(8-10-24)27-11-12-28-21/h1-2,4-5,14,16H,3,6-13H2. The lowest BCUT2D eigenvalue weighted by atomic mass is 9.92. The molecule has 1 unspecified atom stereocenters. The third-order valence-corrected chi connectivity index (χ3v) is 6.18. The number of ether oxygens (including phenoxy) is 2. The van der Waals surface area contributed by atoms with Gasteiger partial charge in [0.1, 0.15) is 17.3 Å². The van der Waals surface area contributed by atoms with Gasteiger partial charge in [0.15, 0.2) is 5.79 Å². The van der Waals surface area contributed by atoms with Gasteiger partial charge in [0, 0.05) is 51.0 Å². The van der Waals surface area contributed by atoms with Gasteiger partial charge >= 0.3 is 0 Å². The minimum atomic E-state index is -0.480. The summed E-state index contributed by atoms with van der Waals surface area (Å²) in [6, 6.07) is 6.72. The van der Waals surface area contributed by atoms with Gasteiger partial charge in [-0.05, 0) is 24.1 Å². The van der Waals surface area contributed by atoms with E-state index >= 15 is 0 Å². The lowest BCUT2D eigenvalue weighted by molar-refractivity contribution is -0.181. The number of aryl methyl sites for hydroxylation is 1. The van der Waals surface area contributed by atoms with Gasteiger partial charge in [-0.3, -0.25) is 4.79 Å². The number of amides is 1. The van der Waals surface area contributed by atoms with E-state index in [1.165, 1.54) is 12.1 Å². The molecule has 3 aliphatic rings. The second-order valence-electron chi connectivity index (χ2n) is 7.88. The molecule has 0 saturated carbocycles. The maximum Gasteiger partial charge on any atom is 0.274 e. The summed E-state index contributed by atoms with van der Waals surface area (Å²) in [5, 5.41) is 0. The first-order valence-electron chi connectivity index (χ1n) is 10.0. The lowest BCUT2D eigenvalue weighted by Gasteiger charge is -2.37. The molecule has 1 atom stereocenters. The van der Waals surface area contributed by atoms with Crippen molar-refractivity contribution in [1.29, 1.82) is 0 Å². The number of hydrogen-bond donors (Lipinski definition) is 0. The summed E-state index contributed by atoms with van der Waals surface area (Å²) in [5.41, 5.74) is 1.64. The molecule has 1 aromatic carbocycles. The molecular formula is C21H24FN3O3. The fourth-order valence-corrected chi connectivity index (χ4v) is 4.55. The highest BCUT2D eigenvalue weighted by atomic mass is 19.1. The number of likely N-dealkylation sites (tertiary alicyclic amines) is 1. The Bertz CT molecular complexity index is 864. The maximum absolute atomic E-state index is 13.2. The number of carbonyl (C=O) groups is 1. The molecule has 1 amide bonds. The van der Waals surface area contributed by atoms with Crippen molar-refractivity contribution in [3.63, 3.8) is 0 Å². The average Bonchev–Trinajstić information content (AvgIpc) is 3.35. The molecule has 5 rings (SSSR count). The zero-order valence-electron chi connectivity index (χ0n) is 15.8. The molecule has 6 nitrogen and oxygen atoms in total. The normalized spacial score (nSPS) is 23.8. The third kappa shape index (κ3) is 3.22. The molecule has 148 valence electrons. The fourth-order valence-electron chi connectivity index (χ4n) is 4.55. The quantitative estimate of drug-likeness (QED) is 0.798. The molecule has 0 aliphatic carbocycles. The molecule has 1 spiro atoms. The highest BCUT2D eigenvalue weighted by Crippen LogP contribution is 2.32. The van der Waals surface area contributed by atoms with Crippen molar-refractivity contribution in [3.05, 3.63) is 53.4 Å². The number of aromatic nitrogens is 2. The molecule has 2 fully saturated rings. The van der Waals surface area contributed by atoms with E-state index < -0.39 is 5.79 Å². The predicted molar refractivity (Wildman–Crippen MR) is 99.5 cm³/mol. The van der Waals surface area contributed by atoms with Crippen LogP contribution in [0, 0.1) is 5.82 Å². The van der Waals surface area contributed by atoms with Gasteiger partial charge in [0.05, 0.1) is 13.2 Å². The number of halogens is 1. The first kappa shape index (κ1) is 17.8. The topological polar surface area (TPSA) is 56.6 Å². The van der Waals surface area contributed by atoms with Crippen LogP contribution < -0.4 is 0 Å². The molecule has 3 aliphatic heterocycles. The van der Waals surface area contributed by atoms with E-state index in [1.54, 1.807) is 0 Å². The first-order valence-corrected chi connectivity index (χ1v) is 10.0. The Balaban J connectivity index is 1.27. The number of hydrogen-bond acceptors (Lipinski definition) is 4. The monoisotopic (exact) mass is 385 g/mol. The highest BCUT2D eigenvalue weighted by Gasteiger charge is 2.41. The summed E-state index contributed by atoms with van der Waals surface area (Å²) in [6.45, 7) is 3.29. The molecule has 0 radical (unpaired) electrons. The van der Waals surface area contributed by atoms with Crippen LogP contribution in [-0.4, -0.2) is 52.4 Å². The SMILES string of the molecule is O=C(c1cn2c(n1)CCC(c1ccc(F)cc1)C2)N1CCC2(CC1)OCCO2. The first-order chi connectivity index (χ1) is 13.6. The van der Waals surface area contributed by atoms with Crippen molar-refractivity contribution in [3.8, 4) is 0 Å². The van der Waals surface area contributed by atoms with Crippen LogP contribution in [0.25, 0.3) is 0 Å². The second-order valence-corrected chi connectivity index (χ2v) is 7.88. The molecular weight excluding hydrogens is 361 g/mol. The Morgan fingerprint density at radius 3 is 2.57 bits per heavy atom. The van der Waals surface area contributed by atoms with Gasteiger partial charge < -0.3 is 18.9 Å². The fraction of sp³-hybridized carbons (Fsp3) is 0.524. The summed E-state index contributed by atoms with van der Waals surface area (Å²) in [6.07, 6.45) is 5.06. The van der Waals surface area contributed by atoms with E-state index in [9.17, 15) is 9.18 Å². The van der Waals surface area contributed by atoms with Crippen LogP contribution in [0.5, 0.6) is 0 Å². The summed E-state index contributed by atoms with van der Waals surface area (Å²) < 4.78 is 26.7. The smallest absolute Gasteiger partial charge is 0.274 e. The van der Waals surface area contributed by atoms with Crippen molar-refractivity contribution >= 4 is 5.91 Å². The van der Waals surface area contributed by atoms with Crippen LogP contribution >= 0.6 is 0 Å². The van der Waals surface area contributed by atoms with Crippen LogP contribution in [0.1, 0.15) is 47.1 Å². The van der Waals surface area contributed by atoms with Gasteiger partial charge in [-0.25, -0.2) is 9.37 Å². The summed E-state index contributed by atoms with van der Waals surface area (Å²) in [5.74, 6) is 0.557. The Hall–Kier alpha value is -2.25. The minimum Gasteiger partial charge on any atom is -0.347 e. The molecule has 1 aromatic heterocycles. The largest absolute Gasteiger partial charge is 0.347 e. The number of benzene rings is 1. The number of carbonyl (C=O) groups excluding carboxylic acids is 1. The van der Waals surface area contributed by atoms with Crippen LogP contribution in [0.4, 0.5) is 4.39 Å². The van der Waals surface area contributed by atoms with Crippen LogP contribution in [0.3, 0.4) is 0 Å². The average molecular weight is 385 g/mol. The molecule has 0 N–H and O–H groups in total. The third-order valence-electron chi connectivity index (χ3n) is 6.18. The molecule has 7 heteroatoms. The molecule has 28 heavy (non-hydrogen) atoms. The summed E-state index contributed by atoms with van der Waals surface area (Å²) in [7, 11) is 0. The number of imidazole rings is 1. The van der Waals surface area contributed by atoms with Crippen molar-refractivity contribution < 1.29 is 18.7 Å². The minimum absolute atomic E-state index is 0.0203. The number of nitrogens with zero attached hydrogens (tertiary/aromatic N) is 3. The lowest BCUT2D eigenvalue weighted by Crippen LogP contribution is -2.47. The van der Waals surface area contributed by atoms with E-state index in [2.05, 4.69) is 9.55 Å². The number of rotatable bonds is 2. The van der Waals surface area contributed by atoms with Crippen molar-refractivity contribution in [2.45, 2.75) is 43.9 Å². The van der Waals surface area contributed by atoms with Crippen molar-refractivity contribution in [1.82, 2.24) is 14.5 Å². The Morgan fingerprint density at radius 1 is 1.14 bits per heavy atom. The summed E-state index contributed by atoms with van der Waals surface area (Å²) in [4.78, 5) is 19.4. The van der Waals surface area contributed by atoms with E-state index in [0.717, 1.165) is 30.8 Å². The predicted octanol–water partition coefficient (Wildman–Crippen LogP) is 2.73. The summed E-state index contributed by atoms with van der Waals surface area (Å²) >= 11 is 0. The van der Waals surface area contributed by atoms with Crippen LogP contribution in [-0.2, 0) is 22.4 Å². The van der Waals surface area contributed by atoms with E-state index in [0.29, 0.717) is 50.8 Å². The van der Waals surface area contributed by atoms with Crippen LogP contribution in [0.15, 0.2) is 30.5 Å². The zero-order valence-corrected chi connectivity index (χ0v) is 15.8. The Kier molecular flexibility index (Phi) is 4.44. The number of piperidine rings is 1. The second kappa shape index (κ2) is 6.97. The van der Waals surface area contributed by atoms with Gasteiger partial charge in [0.25, 0.3) is 5.91 Å². The van der Waals surface area contributed by atoms with Gasteiger partial charge in [-0.1, -0.05) is 12.1 Å². The van der Waals surface area contributed by atoms with Gasteiger partial charge in [-0.15, -0.1) is 0 Å². The maximum atomic E-state index is 13.2. The van der Waals surface area contributed by atoms with E-state index in [1.807, 2.05) is 23.2 Å². The Morgan fingerprint density at radius 2 is 1.86 bits per heavy atom. The highest BCUT2D eigenvalue weighted by molar-refractivity contribution is 5.92. The van der Waals surface area contributed by atoms with Crippen molar-refractivity contribution in [2.24, 2.45) is 0 Å². The van der Waals surface area contributed by atoms with Crippen molar-refractivity contribution in [2.75, 3.05) is 26.3 Å². The Labute approximate surface area is 163 Å². The molecule has 4 heterocycles.